The lowest BCUT2D eigenvalue weighted by Gasteiger charge is -2.24. The number of unbranched alkanes of at least 4 members (excludes halogenated alkanes) is 1. The molecule has 1 N–H and O–H groups in total. The Morgan fingerprint density at radius 1 is 1.17 bits per heavy atom. The van der Waals surface area contributed by atoms with Crippen molar-refractivity contribution in [1.82, 2.24) is 15.3 Å². The lowest BCUT2D eigenvalue weighted by Crippen LogP contribution is -2.35. The minimum Gasteiger partial charge on any atom is -0.420 e. The molecule has 1 unspecified atom stereocenters. The summed E-state index contributed by atoms with van der Waals surface area (Å²) in [6, 6.07) is 14.0. The maximum absolute atomic E-state index is 13.1. The van der Waals surface area contributed by atoms with Gasteiger partial charge in [-0.3, -0.25) is 9.69 Å². The van der Waals surface area contributed by atoms with E-state index in [2.05, 4.69) is 15.3 Å². The van der Waals surface area contributed by atoms with Crippen molar-refractivity contribution < 1.29 is 14.3 Å². The molecular formula is C21H19ClN4O3. The van der Waals surface area contributed by atoms with Gasteiger partial charge in [0.2, 0.25) is 6.23 Å². The molecule has 0 bridgehead atoms. The van der Waals surface area contributed by atoms with Gasteiger partial charge in [-0.05, 0) is 36.8 Å². The Morgan fingerprint density at radius 2 is 1.97 bits per heavy atom. The molecule has 3 aromatic rings. The molecule has 1 aromatic carbocycles. The summed E-state index contributed by atoms with van der Waals surface area (Å²) in [5.41, 5.74) is 1.49. The van der Waals surface area contributed by atoms with Crippen molar-refractivity contribution in [2.75, 3.05) is 11.4 Å². The van der Waals surface area contributed by atoms with Gasteiger partial charge < -0.3 is 10.1 Å². The van der Waals surface area contributed by atoms with Crippen LogP contribution in [0.3, 0.4) is 0 Å². The molecule has 2 amide bonds. The van der Waals surface area contributed by atoms with Crippen molar-refractivity contribution in [1.29, 1.82) is 0 Å². The Kier molecular flexibility index (Phi) is 5.31. The van der Waals surface area contributed by atoms with Crippen molar-refractivity contribution in [3.8, 4) is 0 Å². The van der Waals surface area contributed by atoms with Crippen LogP contribution in [-0.4, -0.2) is 28.5 Å². The molecule has 29 heavy (non-hydrogen) atoms. The van der Waals surface area contributed by atoms with Gasteiger partial charge in [0.25, 0.3) is 5.91 Å². The largest absolute Gasteiger partial charge is 0.420 e. The van der Waals surface area contributed by atoms with Gasteiger partial charge in [-0.2, -0.15) is 0 Å². The average molecular weight is 411 g/mol. The van der Waals surface area contributed by atoms with E-state index in [4.69, 9.17) is 16.3 Å². The van der Waals surface area contributed by atoms with Crippen LogP contribution in [0.5, 0.6) is 0 Å². The predicted molar refractivity (Wildman–Crippen MR) is 110 cm³/mol. The lowest BCUT2D eigenvalue weighted by atomic mass is 10.1. The first-order chi connectivity index (χ1) is 14.1. The van der Waals surface area contributed by atoms with Gasteiger partial charge >= 0.3 is 6.09 Å². The summed E-state index contributed by atoms with van der Waals surface area (Å²) in [6.07, 6.45) is 0.301. The number of carbonyl (C=O) groups excluding carboxylic acids is 2. The maximum Gasteiger partial charge on any atom is 0.409 e. The van der Waals surface area contributed by atoms with Crippen molar-refractivity contribution in [3.63, 3.8) is 0 Å². The molecule has 0 saturated carbocycles. The highest BCUT2D eigenvalue weighted by molar-refractivity contribution is 6.29. The number of nitrogens with zero attached hydrogens (tertiary/aromatic N) is 3. The number of ether oxygens (including phenoxy) is 1. The number of anilines is 1. The van der Waals surface area contributed by atoms with Gasteiger partial charge in [0.1, 0.15) is 11.0 Å². The van der Waals surface area contributed by atoms with E-state index >= 15 is 0 Å². The second kappa shape index (κ2) is 8.05. The molecule has 0 fully saturated rings. The van der Waals surface area contributed by atoms with Gasteiger partial charge in [0, 0.05) is 23.1 Å². The number of benzene rings is 1. The van der Waals surface area contributed by atoms with E-state index in [9.17, 15) is 9.59 Å². The van der Waals surface area contributed by atoms with Crippen LogP contribution in [0.4, 0.5) is 10.6 Å². The Balaban J connectivity index is 1.70. The number of aromatic nitrogens is 2. The number of rotatable bonds is 5. The summed E-state index contributed by atoms with van der Waals surface area (Å²) in [4.78, 5) is 35.4. The molecule has 1 atom stereocenters. The van der Waals surface area contributed by atoms with Crippen LogP contribution in [0.2, 0.25) is 5.15 Å². The zero-order valence-electron chi connectivity index (χ0n) is 15.8. The number of halogens is 1. The van der Waals surface area contributed by atoms with Crippen LogP contribution in [0.1, 0.15) is 41.9 Å². The van der Waals surface area contributed by atoms with Crippen molar-refractivity contribution >= 4 is 40.5 Å². The number of amides is 2. The van der Waals surface area contributed by atoms with Gasteiger partial charge in [0.15, 0.2) is 5.65 Å². The number of alkyl carbamates (subject to hydrolysis) is 1. The highest BCUT2D eigenvalue weighted by Crippen LogP contribution is 2.37. The summed E-state index contributed by atoms with van der Waals surface area (Å²) in [5, 5.41) is 3.81. The number of hydrogen-bond acceptors (Lipinski definition) is 5. The van der Waals surface area contributed by atoms with Crippen LogP contribution in [-0.2, 0) is 4.74 Å². The molecule has 8 heteroatoms. The van der Waals surface area contributed by atoms with Crippen LogP contribution in [0.25, 0.3) is 11.0 Å². The van der Waals surface area contributed by atoms with Gasteiger partial charge in [-0.25, -0.2) is 14.8 Å². The highest BCUT2D eigenvalue weighted by atomic mass is 35.5. The maximum atomic E-state index is 13.1. The number of fused-ring (bicyclic) bond motifs is 2. The standard InChI is InChI=1S/C21H19ClN4O3/c1-2-3-12-23-21(28)29-20-15-7-5-4-6-14(15)19(27)26(20)17-11-9-13-8-10-16(22)24-18(13)25-17/h4-11,20H,2-3,12H2,1H3,(H,23,28). The van der Waals surface area contributed by atoms with E-state index in [0.29, 0.717) is 34.3 Å². The Hall–Kier alpha value is -3.19. The zero-order chi connectivity index (χ0) is 20.4. The molecule has 0 radical (unpaired) electrons. The monoisotopic (exact) mass is 410 g/mol. The lowest BCUT2D eigenvalue weighted by molar-refractivity contribution is 0.0831. The van der Waals surface area contributed by atoms with Crippen LogP contribution in [0, 0.1) is 0 Å². The minimum atomic E-state index is -0.913. The highest BCUT2D eigenvalue weighted by Gasteiger charge is 2.41. The minimum absolute atomic E-state index is 0.291. The molecule has 0 aliphatic carbocycles. The third kappa shape index (κ3) is 3.73. The van der Waals surface area contributed by atoms with E-state index in [1.165, 1.54) is 4.90 Å². The van der Waals surface area contributed by atoms with E-state index in [1.807, 2.05) is 6.92 Å². The number of hydrogen-bond donors (Lipinski definition) is 1. The van der Waals surface area contributed by atoms with Gasteiger partial charge in [-0.15, -0.1) is 0 Å². The molecule has 2 aromatic heterocycles. The van der Waals surface area contributed by atoms with E-state index < -0.39 is 12.3 Å². The van der Waals surface area contributed by atoms with Crippen LogP contribution in [0.15, 0.2) is 48.5 Å². The van der Waals surface area contributed by atoms with Gasteiger partial charge in [-0.1, -0.05) is 43.1 Å². The molecule has 7 nitrogen and oxygen atoms in total. The fourth-order valence-corrected chi connectivity index (χ4v) is 3.38. The first-order valence-corrected chi connectivity index (χ1v) is 9.76. The quantitative estimate of drug-likeness (QED) is 0.495. The van der Waals surface area contributed by atoms with Crippen molar-refractivity contribution in [3.05, 3.63) is 64.8 Å². The fraction of sp³-hybridized carbons (Fsp3) is 0.238. The number of pyridine rings is 2. The molecule has 1 aliphatic rings. The SMILES string of the molecule is CCCCNC(=O)OC1c2ccccc2C(=O)N1c1ccc2ccc(Cl)nc2n1. The Bertz CT molecular complexity index is 1090. The van der Waals surface area contributed by atoms with E-state index in [-0.39, 0.29) is 5.91 Å². The summed E-state index contributed by atoms with van der Waals surface area (Å²) in [6.45, 7) is 2.54. The smallest absolute Gasteiger partial charge is 0.409 e. The zero-order valence-corrected chi connectivity index (χ0v) is 16.5. The number of nitrogens with one attached hydrogen (secondary N) is 1. The third-order valence-corrected chi connectivity index (χ3v) is 4.89. The molecule has 3 heterocycles. The normalized spacial score (nSPS) is 15.4. The Morgan fingerprint density at radius 3 is 2.79 bits per heavy atom. The molecule has 148 valence electrons. The van der Waals surface area contributed by atoms with Crippen molar-refractivity contribution in [2.45, 2.75) is 26.0 Å². The topological polar surface area (TPSA) is 84.4 Å². The Labute approximate surface area is 172 Å². The van der Waals surface area contributed by atoms with Gasteiger partial charge in [0.05, 0.1) is 0 Å². The third-order valence-electron chi connectivity index (χ3n) is 4.68. The molecule has 0 spiro atoms. The molecule has 0 saturated heterocycles. The molecule has 4 rings (SSSR count). The first kappa shape index (κ1) is 19.1. The van der Waals surface area contributed by atoms with Crippen LogP contribution < -0.4 is 10.2 Å². The molecule has 1 aliphatic heterocycles. The van der Waals surface area contributed by atoms with E-state index in [0.717, 1.165) is 18.2 Å². The first-order valence-electron chi connectivity index (χ1n) is 9.38. The molecular weight excluding hydrogens is 392 g/mol. The summed E-state index contributed by atoms with van der Waals surface area (Å²) >= 11 is 5.98. The second-order valence-corrected chi connectivity index (χ2v) is 7.04. The van der Waals surface area contributed by atoms with Crippen molar-refractivity contribution in [2.24, 2.45) is 0 Å². The average Bonchev–Trinajstić information content (AvgIpc) is 2.99. The van der Waals surface area contributed by atoms with E-state index in [1.54, 1.807) is 48.5 Å². The predicted octanol–water partition coefficient (Wildman–Crippen LogP) is 4.47. The summed E-state index contributed by atoms with van der Waals surface area (Å²) in [7, 11) is 0. The summed E-state index contributed by atoms with van der Waals surface area (Å²) in [5.74, 6) is 0.0423. The van der Waals surface area contributed by atoms with Crippen LogP contribution >= 0.6 is 11.6 Å². The summed E-state index contributed by atoms with van der Waals surface area (Å²) < 4.78 is 5.63. The number of carbonyl (C=O) groups is 2. The fourth-order valence-electron chi connectivity index (χ4n) is 3.23. The second-order valence-electron chi connectivity index (χ2n) is 6.65.